The second kappa shape index (κ2) is 6.86. The van der Waals surface area contributed by atoms with Gasteiger partial charge in [-0.3, -0.25) is 4.79 Å². The summed E-state index contributed by atoms with van der Waals surface area (Å²) in [6, 6.07) is 5.74. The number of hydrogen-bond acceptors (Lipinski definition) is 2. The van der Waals surface area contributed by atoms with Crippen LogP contribution in [0.25, 0.3) is 0 Å². The maximum atomic E-state index is 12.4. The van der Waals surface area contributed by atoms with Crippen LogP contribution >= 0.6 is 31.9 Å². The van der Waals surface area contributed by atoms with Gasteiger partial charge in [-0.15, -0.1) is 0 Å². The minimum atomic E-state index is 0.0503. The zero-order chi connectivity index (χ0) is 13.8. The van der Waals surface area contributed by atoms with Gasteiger partial charge in [-0.1, -0.05) is 28.8 Å². The second-order valence-corrected chi connectivity index (χ2v) is 6.77. The van der Waals surface area contributed by atoms with Crippen LogP contribution < -0.4 is 11.1 Å². The molecule has 1 aliphatic rings. The highest BCUT2D eigenvalue weighted by Gasteiger charge is 2.30. The highest BCUT2D eigenvalue weighted by Crippen LogP contribution is 2.32. The monoisotopic (exact) mass is 388 g/mol. The van der Waals surface area contributed by atoms with E-state index in [9.17, 15) is 4.79 Å². The fraction of sp³-hybridized carbons (Fsp3) is 0.500. The van der Waals surface area contributed by atoms with Crippen LogP contribution in [0, 0.1) is 11.8 Å². The van der Waals surface area contributed by atoms with E-state index in [1.807, 2.05) is 18.2 Å². The smallest absolute Gasteiger partial charge is 0.227 e. The molecule has 104 valence electrons. The van der Waals surface area contributed by atoms with Crippen molar-refractivity contribution in [1.29, 1.82) is 0 Å². The number of rotatable bonds is 3. The van der Waals surface area contributed by atoms with Gasteiger partial charge in [-0.05, 0) is 59.4 Å². The lowest BCUT2D eigenvalue weighted by Crippen LogP contribution is -2.35. The molecule has 5 heteroatoms. The number of anilines is 1. The summed E-state index contributed by atoms with van der Waals surface area (Å²) in [5.74, 6) is 0.468. The zero-order valence-corrected chi connectivity index (χ0v) is 13.8. The van der Waals surface area contributed by atoms with E-state index >= 15 is 0 Å². The predicted octanol–water partition coefficient (Wildman–Crippen LogP) is 3.92. The van der Waals surface area contributed by atoms with E-state index in [2.05, 4.69) is 37.2 Å². The Bertz CT molecular complexity index is 465. The summed E-state index contributed by atoms with van der Waals surface area (Å²) in [5.41, 5.74) is 6.59. The number of nitrogens with two attached hydrogens (primary N) is 1. The minimum absolute atomic E-state index is 0.0503. The van der Waals surface area contributed by atoms with Crippen molar-refractivity contribution in [3.8, 4) is 0 Å². The Morgan fingerprint density at radius 3 is 2.74 bits per heavy atom. The Morgan fingerprint density at radius 1 is 1.32 bits per heavy atom. The molecule has 2 rings (SSSR count). The summed E-state index contributed by atoms with van der Waals surface area (Å²) in [7, 11) is 0. The first-order valence-corrected chi connectivity index (χ1v) is 8.16. The van der Waals surface area contributed by atoms with Crippen LogP contribution in [-0.2, 0) is 4.79 Å². The van der Waals surface area contributed by atoms with Gasteiger partial charge < -0.3 is 11.1 Å². The summed E-state index contributed by atoms with van der Waals surface area (Å²) in [6.45, 7) is 0.597. The minimum Gasteiger partial charge on any atom is -0.330 e. The van der Waals surface area contributed by atoms with E-state index in [1.54, 1.807) is 0 Å². The fourth-order valence-corrected chi connectivity index (χ4v) is 3.80. The lowest BCUT2D eigenvalue weighted by molar-refractivity contribution is -0.122. The molecule has 1 fully saturated rings. The van der Waals surface area contributed by atoms with Crippen LogP contribution in [0.1, 0.15) is 25.7 Å². The average molecular weight is 390 g/mol. The van der Waals surface area contributed by atoms with E-state index in [-0.39, 0.29) is 11.8 Å². The van der Waals surface area contributed by atoms with Gasteiger partial charge >= 0.3 is 0 Å². The van der Waals surface area contributed by atoms with Crippen LogP contribution in [0.4, 0.5) is 5.69 Å². The van der Waals surface area contributed by atoms with Gasteiger partial charge in [0.1, 0.15) is 0 Å². The first kappa shape index (κ1) is 15.0. The predicted molar refractivity (Wildman–Crippen MR) is 85.0 cm³/mol. The highest BCUT2D eigenvalue weighted by atomic mass is 79.9. The maximum absolute atomic E-state index is 12.4. The van der Waals surface area contributed by atoms with Crippen molar-refractivity contribution in [1.82, 2.24) is 0 Å². The van der Waals surface area contributed by atoms with Crippen LogP contribution in [0.5, 0.6) is 0 Å². The van der Waals surface area contributed by atoms with Gasteiger partial charge in [0.2, 0.25) is 5.91 Å². The molecule has 1 saturated carbocycles. The van der Waals surface area contributed by atoms with Crippen molar-refractivity contribution in [3.63, 3.8) is 0 Å². The molecule has 0 heterocycles. The van der Waals surface area contributed by atoms with Crippen molar-refractivity contribution in [3.05, 3.63) is 27.1 Å². The Balaban J connectivity index is 2.07. The van der Waals surface area contributed by atoms with Gasteiger partial charge in [-0.2, -0.15) is 0 Å². The summed E-state index contributed by atoms with van der Waals surface area (Å²) in [4.78, 5) is 12.4. The molecule has 0 saturated heterocycles. The van der Waals surface area contributed by atoms with Gasteiger partial charge in [-0.25, -0.2) is 0 Å². The molecule has 2 atom stereocenters. The molecule has 0 spiro atoms. The first-order valence-electron chi connectivity index (χ1n) is 6.58. The summed E-state index contributed by atoms with van der Waals surface area (Å²) in [6.07, 6.45) is 4.32. The van der Waals surface area contributed by atoms with E-state index in [0.29, 0.717) is 12.5 Å². The van der Waals surface area contributed by atoms with E-state index in [0.717, 1.165) is 33.9 Å². The Hall–Kier alpha value is -0.390. The number of amides is 1. The molecule has 3 nitrogen and oxygen atoms in total. The number of benzene rings is 1. The van der Waals surface area contributed by atoms with E-state index in [4.69, 9.17) is 5.73 Å². The van der Waals surface area contributed by atoms with Crippen molar-refractivity contribution in [2.45, 2.75) is 25.7 Å². The highest BCUT2D eigenvalue weighted by molar-refractivity contribution is 9.11. The van der Waals surface area contributed by atoms with Crippen LogP contribution in [0.2, 0.25) is 0 Å². The van der Waals surface area contributed by atoms with E-state index < -0.39 is 0 Å². The van der Waals surface area contributed by atoms with Crippen molar-refractivity contribution in [2.75, 3.05) is 11.9 Å². The lowest BCUT2D eigenvalue weighted by atomic mass is 9.78. The Morgan fingerprint density at radius 2 is 2.05 bits per heavy atom. The van der Waals surface area contributed by atoms with Crippen molar-refractivity contribution < 1.29 is 4.79 Å². The SMILES string of the molecule is NCC1CCCCC1C(=O)Nc1ccc(Br)cc1Br. The van der Waals surface area contributed by atoms with Crippen LogP contribution in [0.3, 0.4) is 0 Å². The molecule has 1 aliphatic carbocycles. The van der Waals surface area contributed by atoms with Crippen molar-refractivity contribution >= 4 is 43.5 Å². The molecule has 19 heavy (non-hydrogen) atoms. The number of carbonyl (C=O) groups is 1. The Kier molecular flexibility index (Phi) is 5.42. The average Bonchev–Trinajstić information content (AvgIpc) is 2.41. The second-order valence-electron chi connectivity index (χ2n) is 5.00. The molecule has 2 unspecified atom stereocenters. The van der Waals surface area contributed by atoms with Gasteiger partial charge in [0.05, 0.1) is 5.69 Å². The molecular weight excluding hydrogens is 372 g/mol. The summed E-state index contributed by atoms with van der Waals surface area (Å²) in [5, 5.41) is 3.01. The maximum Gasteiger partial charge on any atom is 0.227 e. The lowest BCUT2D eigenvalue weighted by Gasteiger charge is -2.29. The van der Waals surface area contributed by atoms with Gasteiger partial charge in [0, 0.05) is 14.9 Å². The summed E-state index contributed by atoms with van der Waals surface area (Å²) >= 11 is 6.86. The Labute approximate surface area is 130 Å². The third-order valence-corrected chi connectivity index (χ3v) is 4.89. The zero-order valence-electron chi connectivity index (χ0n) is 10.7. The molecule has 1 aromatic carbocycles. The molecule has 0 aliphatic heterocycles. The molecule has 1 amide bonds. The van der Waals surface area contributed by atoms with Crippen LogP contribution in [-0.4, -0.2) is 12.5 Å². The van der Waals surface area contributed by atoms with Gasteiger partial charge in [0.15, 0.2) is 0 Å². The largest absolute Gasteiger partial charge is 0.330 e. The number of halogens is 2. The van der Waals surface area contributed by atoms with Crippen molar-refractivity contribution in [2.24, 2.45) is 17.6 Å². The van der Waals surface area contributed by atoms with Gasteiger partial charge in [0.25, 0.3) is 0 Å². The molecule has 0 bridgehead atoms. The standard InChI is InChI=1S/C14H18Br2N2O/c15-10-5-6-13(12(16)7-10)18-14(19)11-4-2-1-3-9(11)8-17/h5-7,9,11H,1-4,8,17H2,(H,18,19). The topological polar surface area (TPSA) is 55.1 Å². The fourth-order valence-electron chi connectivity index (χ4n) is 2.65. The van der Waals surface area contributed by atoms with E-state index in [1.165, 1.54) is 6.42 Å². The molecule has 1 aromatic rings. The molecule has 3 N–H and O–H groups in total. The third-order valence-electron chi connectivity index (χ3n) is 3.74. The molecule has 0 aromatic heterocycles. The number of nitrogens with one attached hydrogen (secondary N) is 1. The number of hydrogen-bond donors (Lipinski definition) is 2. The van der Waals surface area contributed by atoms with Crippen LogP contribution in [0.15, 0.2) is 27.1 Å². The molecular formula is C14H18Br2N2O. The number of carbonyl (C=O) groups excluding carboxylic acids is 1. The summed E-state index contributed by atoms with van der Waals surface area (Å²) < 4.78 is 1.87. The first-order chi connectivity index (χ1) is 9.11. The quantitative estimate of drug-likeness (QED) is 0.823. The third kappa shape index (κ3) is 3.80. The normalized spacial score (nSPS) is 23.1. The molecule has 0 radical (unpaired) electrons.